The number of aromatic nitrogens is 2. The summed E-state index contributed by atoms with van der Waals surface area (Å²) in [5.41, 5.74) is 5.96. The summed E-state index contributed by atoms with van der Waals surface area (Å²) < 4.78 is 25.7. The standard InChI is InChI=1S/C34H36FN3O3/c1-2-29(25-10-6-5-7-11-25)33(27-15-18-31-30(24-27)34(35)37-36-31)26-13-16-28(17-14-26)41-21-9-4-3-8-12-32(39)38-19-22-40-23-20-38/h5-8,10-18,24H,2-4,9,19-23H2,1H3,(H,36,37)/b12-8+,33-29+. The second-order valence-electron chi connectivity index (χ2n) is 10.1. The molecule has 0 aliphatic carbocycles. The van der Waals surface area contributed by atoms with Crippen molar-refractivity contribution >= 4 is 28.0 Å². The summed E-state index contributed by atoms with van der Waals surface area (Å²) in [6.07, 6.45) is 7.12. The van der Waals surface area contributed by atoms with Gasteiger partial charge in [-0.05, 0) is 83.9 Å². The van der Waals surface area contributed by atoms with E-state index in [4.69, 9.17) is 9.47 Å². The highest BCUT2D eigenvalue weighted by Gasteiger charge is 2.16. The van der Waals surface area contributed by atoms with Crippen molar-refractivity contribution in [3.63, 3.8) is 0 Å². The fraction of sp³-hybridized carbons (Fsp3) is 0.294. The number of carbonyl (C=O) groups is 1. The van der Waals surface area contributed by atoms with Crippen molar-refractivity contribution in [2.75, 3.05) is 32.9 Å². The Morgan fingerprint density at radius 2 is 1.76 bits per heavy atom. The molecule has 1 N–H and O–H groups in total. The monoisotopic (exact) mass is 553 g/mol. The number of allylic oxidation sites excluding steroid dienone is 2. The number of fused-ring (bicyclic) bond motifs is 1. The highest BCUT2D eigenvalue weighted by atomic mass is 19.1. The van der Waals surface area contributed by atoms with Crippen LogP contribution in [0.1, 0.15) is 49.3 Å². The molecule has 41 heavy (non-hydrogen) atoms. The van der Waals surface area contributed by atoms with Crippen LogP contribution < -0.4 is 4.74 Å². The number of H-pyrrole nitrogens is 1. The fourth-order valence-corrected chi connectivity index (χ4v) is 5.16. The zero-order valence-corrected chi connectivity index (χ0v) is 23.4. The number of morpholine rings is 1. The Morgan fingerprint density at radius 1 is 1.00 bits per heavy atom. The SMILES string of the molecule is CC/C(=C(/c1ccc(OCCCC/C=C/C(=O)N2CCOCC2)cc1)c1ccc2n[nH]c(F)c2c1)c1ccccc1. The van der Waals surface area contributed by atoms with Crippen molar-refractivity contribution in [2.45, 2.75) is 32.6 Å². The number of benzene rings is 3. The first-order chi connectivity index (χ1) is 20.1. The molecule has 1 aliphatic heterocycles. The zero-order chi connectivity index (χ0) is 28.4. The first-order valence-electron chi connectivity index (χ1n) is 14.3. The summed E-state index contributed by atoms with van der Waals surface area (Å²) >= 11 is 0. The van der Waals surface area contributed by atoms with Crippen molar-refractivity contribution in [3.05, 3.63) is 108 Å². The molecule has 1 amide bonds. The number of nitrogens with zero attached hydrogens (tertiary/aromatic N) is 2. The molecule has 1 aliphatic rings. The summed E-state index contributed by atoms with van der Waals surface area (Å²) in [4.78, 5) is 14.0. The van der Waals surface area contributed by atoms with Gasteiger partial charge in [-0.15, -0.1) is 0 Å². The van der Waals surface area contributed by atoms with E-state index in [-0.39, 0.29) is 5.91 Å². The minimum absolute atomic E-state index is 0.0615. The molecule has 7 heteroatoms. The molecule has 0 unspecified atom stereocenters. The van der Waals surface area contributed by atoms with Gasteiger partial charge in [0.05, 0.1) is 30.7 Å². The molecule has 212 valence electrons. The molecule has 5 rings (SSSR count). The van der Waals surface area contributed by atoms with Gasteiger partial charge >= 0.3 is 0 Å². The number of aromatic amines is 1. The smallest absolute Gasteiger partial charge is 0.246 e. The molecule has 0 radical (unpaired) electrons. The minimum atomic E-state index is -0.429. The maximum absolute atomic E-state index is 14.4. The number of unbranched alkanes of at least 4 members (excludes halogenated alkanes) is 2. The van der Waals surface area contributed by atoms with E-state index >= 15 is 0 Å². The van der Waals surface area contributed by atoms with E-state index in [1.54, 1.807) is 6.08 Å². The molecule has 0 saturated carbocycles. The molecule has 1 saturated heterocycles. The number of nitrogens with one attached hydrogen (secondary N) is 1. The van der Waals surface area contributed by atoms with Gasteiger partial charge in [-0.3, -0.25) is 9.89 Å². The van der Waals surface area contributed by atoms with Crippen LogP contribution >= 0.6 is 0 Å². The van der Waals surface area contributed by atoms with E-state index in [2.05, 4.69) is 41.4 Å². The lowest BCUT2D eigenvalue weighted by Gasteiger charge is -2.25. The van der Waals surface area contributed by atoms with Crippen molar-refractivity contribution < 1.29 is 18.7 Å². The van der Waals surface area contributed by atoms with E-state index in [9.17, 15) is 9.18 Å². The number of hydrogen-bond donors (Lipinski definition) is 1. The molecule has 0 spiro atoms. The summed E-state index contributed by atoms with van der Waals surface area (Å²) in [6.45, 7) is 5.31. The number of amides is 1. The fourth-order valence-electron chi connectivity index (χ4n) is 5.16. The molecular formula is C34H36FN3O3. The van der Waals surface area contributed by atoms with Crippen molar-refractivity contribution in [1.29, 1.82) is 0 Å². The summed E-state index contributed by atoms with van der Waals surface area (Å²) in [6, 6.07) is 24.2. The summed E-state index contributed by atoms with van der Waals surface area (Å²) in [5.74, 6) is 0.438. The molecule has 3 aromatic carbocycles. The van der Waals surface area contributed by atoms with Crippen LogP contribution in [0.3, 0.4) is 0 Å². The minimum Gasteiger partial charge on any atom is -0.494 e. The first-order valence-corrected chi connectivity index (χ1v) is 14.3. The molecule has 4 aromatic rings. The molecular weight excluding hydrogens is 517 g/mol. The predicted octanol–water partition coefficient (Wildman–Crippen LogP) is 7.04. The quantitative estimate of drug-likeness (QED) is 0.123. The van der Waals surface area contributed by atoms with Crippen molar-refractivity contribution in [1.82, 2.24) is 15.1 Å². The normalized spacial score (nSPS) is 14.4. The molecule has 1 aromatic heterocycles. The Hall–Kier alpha value is -4.23. The van der Waals surface area contributed by atoms with E-state index in [1.165, 1.54) is 5.57 Å². The molecule has 1 fully saturated rings. The van der Waals surface area contributed by atoms with Crippen LogP contribution in [0.25, 0.3) is 22.0 Å². The predicted molar refractivity (Wildman–Crippen MR) is 161 cm³/mol. The number of ether oxygens (including phenoxy) is 2. The van der Waals surface area contributed by atoms with Gasteiger partial charge in [0.2, 0.25) is 11.9 Å². The average molecular weight is 554 g/mol. The zero-order valence-electron chi connectivity index (χ0n) is 23.4. The van der Waals surface area contributed by atoms with Crippen molar-refractivity contribution in [2.24, 2.45) is 0 Å². The van der Waals surface area contributed by atoms with Gasteiger partial charge in [-0.1, -0.05) is 61.5 Å². The maximum Gasteiger partial charge on any atom is 0.246 e. The molecule has 6 nitrogen and oxygen atoms in total. The van der Waals surface area contributed by atoms with Gasteiger partial charge in [0.25, 0.3) is 0 Å². The molecule has 2 heterocycles. The van der Waals surface area contributed by atoms with Crippen LogP contribution in [0.15, 0.2) is 84.9 Å². The second kappa shape index (κ2) is 13.9. The third-order valence-corrected chi connectivity index (χ3v) is 7.33. The van der Waals surface area contributed by atoms with E-state index in [0.717, 1.165) is 53.7 Å². The third-order valence-electron chi connectivity index (χ3n) is 7.33. The van der Waals surface area contributed by atoms with Gasteiger partial charge in [0.1, 0.15) is 5.75 Å². The Balaban J connectivity index is 1.25. The lowest BCUT2D eigenvalue weighted by Crippen LogP contribution is -2.39. The highest BCUT2D eigenvalue weighted by molar-refractivity contribution is 6.00. The number of hydrogen-bond acceptors (Lipinski definition) is 4. The third kappa shape index (κ3) is 7.11. The van der Waals surface area contributed by atoms with Crippen LogP contribution in [0.4, 0.5) is 4.39 Å². The van der Waals surface area contributed by atoms with Gasteiger partial charge in [-0.25, -0.2) is 0 Å². The topological polar surface area (TPSA) is 67.4 Å². The Labute approximate surface area is 240 Å². The summed E-state index contributed by atoms with van der Waals surface area (Å²) in [7, 11) is 0. The number of carbonyl (C=O) groups excluding carboxylic acids is 1. The van der Waals surface area contributed by atoms with Gasteiger partial charge in [0, 0.05) is 13.1 Å². The highest BCUT2D eigenvalue weighted by Crippen LogP contribution is 2.36. The lowest BCUT2D eigenvalue weighted by atomic mass is 9.88. The van der Waals surface area contributed by atoms with Crippen molar-refractivity contribution in [3.8, 4) is 5.75 Å². The van der Waals surface area contributed by atoms with Gasteiger partial charge in [-0.2, -0.15) is 9.49 Å². The van der Waals surface area contributed by atoms with Crippen LogP contribution in [-0.4, -0.2) is 53.9 Å². The first kappa shape index (κ1) is 28.3. The lowest BCUT2D eigenvalue weighted by molar-refractivity contribution is -0.129. The average Bonchev–Trinajstić information content (AvgIpc) is 3.40. The van der Waals surface area contributed by atoms with E-state index in [1.807, 2.05) is 59.5 Å². The largest absolute Gasteiger partial charge is 0.494 e. The Bertz CT molecular complexity index is 1500. The Morgan fingerprint density at radius 3 is 2.51 bits per heavy atom. The van der Waals surface area contributed by atoms with E-state index < -0.39 is 5.95 Å². The van der Waals surface area contributed by atoms with Crippen LogP contribution in [0, 0.1) is 5.95 Å². The van der Waals surface area contributed by atoms with Crippen LogP contribution in [-0.2, 0) is 9.53 Å². The second-order valence-corrected chi connectivity index (χ2v) is 10.1. The van der Waals surface area contributed by atoms with Crippen LogP contribution in [0.5, 0.6) is 5.75 Å². The maximum atomic E-state index is 14.4. The van der Waals surface area contributed by atoms with E-state index in [0.29, 0.717) is 43.8 Å². The molecule has 0 bridgehead atoms. The van der Waals surface area contributed by atoms with Gasteiger partial charge < -0.3 is 14.4 Å². The Kier molecular flexibility index (Phi) is 9.60. The van der Waals surface area contributed by atoms with Gasteiger partial charge in [0.15, 0.2) is 0 Å². The number of halogens is 1. The van der Waals surface area contributed by atoms with Crippen LogP contribution in [0.2, 0.25) is 0 Å². The summed E-state index contributed by atoms with van der Waals surface area (Å²) in [5, 5.41) is 6.97. The molecule has 0 atom stereocenters. The number of rotatable bonds is 11.